The third-order valence-electron chi connectivity index (χ3n) is 1.43. The van der Waals surface area contributed by atoms with Gasteiger partial charge in [-0.05, 0) is 0 Å². The predicted molar refractivity (Wildman–Crippen MR) is 48.4 cm³/mol. The lowest BCUT2D eigenvalue weighted by atomic mass is 10.6. The fourth-order valence-electron chi connectivity index (χ4n) is 0.850. The van der Waals surface area contributed by atoms with Crippen molar-refractivity contribution in [3.8, 4) is 0 Å². The molecule has 0 saturated carbocycles. The highest BCUT2D eigenvalue weighted by molar-refractivity contribution is 7.93. The van der Waals surface area contributed by atoms with Crippen LogP contribution in [0.5, 0.6) is 0 Å². The summed E-state index contributed by atoms with van der Waals surface area (Å²) in [6.07, 6.45) is 1.93. The monoisotopic (exact) mass is 255 g/mol. The zero-order valence-electron chi connectivity index (χ0n) is 7.67. The van der Waals surface area contributed by atoms with E-state index in [1.165, 1.54) is 0 Å². The van der Waals surface area contributed by atoms with Gasteiger partial charge in [0.25, 0.3) is 10.0 Å². The summed E-state index contributed by atoms with van der Waals surface area (Å²) in [6.45, 7) is -0.490. The Kier molecular flexibility index (Phi) is 3.42. The molecule has 7 nitrogen and oxygen atoms in total. The molecule has 1 aromatic heterocycles. The molecule has 10 heteroatoms. The Morgan fingerprint density at radius 3 is 2.75 bits per heavy atom. The van der Waals surface area contributed by atoms with Gasteiger partial charge in [-0.15, -0.1) is 0 Å². The van der Waals surface area contributed by atoms with Gasteiger partial charge in [-0.25, -0.2) is 8.42 Å². The third-order valence-corrected chi connectivity index (χ3v) is 2.41. The second kappa shape index (κ2) is 4.43. The molecule has 0 aliphatic rings. The summed E-state index contributed by atoms with van der Waals surface area (Å²) in [4.78, 5) is 10.3. The molecular formula is C6H7F2N3O4S. The van der Waals surface area contributed by atoms with Crippen molar-refractivity contribution < 1.29 is 27.1 Å². The number of nitrogens with zero attached hydrogens (tertiary/aromatic N) is 2. The van der Waals surface area contributed by atoms with Crippen LogP contribution in [0.15, 0.2) is 12.4 Å². The van der Waals surface area contributed by atoms with Crippen LogP contribution >= 0.6 is 0 Å². The van der Waals surface area contributed by atoms with Crippen LogP contribution in [0.25, 0.3) is 0 Å². The molecule has 0 fully saturated rings. The van der Waals surface area contributed by atoms with Gasteiger partial charge in [0.15, 0.2) is 0 Å². The summed E-state index contributed by atoms with van der Waals surface area (Å²) >= 11 is 0. The number of rotatable bonds is 5. The minimum absolute atomic E-state index is 0.221. The van der Waals surface area contributed by atoms with Crippen molar-refractivity contribution in [2.75, 3.05) is 4.72 Å². The lowest BCUT2D eigenvalue weighted by molar-refractivity contribution is -0.137. The summed E-state index contributed by atoms with van der Waals surface area (Å²) in [6, 6.07) is 0. The van der Waals surface area contributed by atoms with Crippen molar-refractivity contribution in [1.29, 1.82) is 0 Å². The van der Waals surface area contributed by atoms with Gasteiger partial charge in [-0.1, -0.05) is 0 Å². The largest absolute Gasteiger partial charge is 0.480 e. The number of hydrogen-bond acceptors (Lipinski definition) is 4. The lowest BCUT2D eigenvalue weighted by Crippen LogP contribution is -2.20. The number of carbonyl (C=O) groups is 1. The molecule has 0 aromatic carbocycles. The van der Waals surface area contributed by atoms with Crippen LogP contribution in [0.4, 0.5) is 14.5 Å². The second-order valence-electron chi connectivity index (χ2n) is 2.73. The predicted octanol–water partition coefficient (Wildman–Crippen LogP) is -0.0680. The van der Waals surface area contributed by atoms with Gasteiger partial charge in [-0.2, -0.15) is 13.9 Å². The Morgan fingerprint density at radius 1 is 1.62 bits per heavy atom. The molecule has 90 valence electrons. The lowest BCUT2D eigenvalue weighted by Gasteiger charge is -2.02. The van der Waals surface area contributed by atoms with E-state index in [4.69, 9.17) is 5.11 Å². The van der Waals surface area contributed by atoms with E-state index in [1.807, 2.05) is 0 Å². The van der Waals surface area contributed by atoms with E-state index in [2.05, 4.69) is 5.10 Å². The SMILES string of the molecule is O=C(O)Cn1cc(NS(=O)(=O)C(F)F)cn1. The smallest absolute Gasteiger partial charge is 0.355 e. The van der Waals surface area contributed by atoms with E-state index in [9.17, 15) is 22.0 Å². The Morgan fingerprint density at radius 2 is 2.25 bits per heavy atom. The summed E-state index contributed by atoms with van der Waals surface area (Å²) in [7, 11) is -4.75. The minimum Gasteiger partial charge on any atom is -0.480 e. The maximum atomic E-state index is 11.9. The molecule has 0 saturated heterocycles. The minimum atomic E-state index is -4.75. The van der Waals surface area contributed by atoms with Crippen molar-refractivity contribution in [3.63, 3.8) is 0 Å². The summed E-state index contributed by atoms with van der Waals surface area (Å²) < 4.78 is 47.8. The van der Waals surface area contributed by atoms with Crippen LogP contribution in [0.3, 0.4) is 0 Å². The van der Waals surface area contributed by atoms with Crippen molar-refractivity contribution in [1.82, 2.24) is 9.78 Å². The zero-order valence-corrected chi connectivity index (χ0v) is 8.49. The molecule has 1 rings (SSSR count). The van der Waals surface area contributed by atoms with Crippen LogP contribution in [-0.4, -0.2) is 35.0 Å². The molecule has 2 N–H and O–H groups in total. The van der Waals surface area contributed by atoms with Gasteiger partial charge in [0.1, 0.15) is 6.54 Å². The highest BCUT2D eigenvalue weighted by atomic mass is 32.2. The number of nitrogens with one attached hydrogen (secondary N) is 1. The fraction of sp³-hybridized carbons (Fsp3) is 0.333. The molecule has 0 spiro atoms. The average molecular weight is 255 g/mol. The summed E-state index contributed by atoms with van der Waals surface area (Å²) in [5.41, 5.74) is -0.221. The molecule has 0 amide bonds. The van der Waals surface area contributed by atoms with Gasteiger partial charge >= 0.3 is 11.7 Å². The molecule has 0 radical (unpaired) electrons. The van der Waals surface area contributed by atoms with Crippen LogP contribution in [-0.2, 0) is 21.4 Å². The Hall–Kier alpha value is -1.71. The molecular weight excluding hydrogens is 248 g/mol. The van der Waals surface area contributed by atoms with Crippen molar-refractivity contribution in [2.45, 2.75) is 12.3 Å². The van der Waals surface area contributed by atoms with E-state index < -0.39 is 28.3 Å². The highest BCUT2D eigenvalue weighted by Gasteiger charge is 2.24. The normalized spacial score (nSPS) is 11.7. The number of halogens is 2. The molecule has 0 unspecified atom stereocenters. The standard InChI is InChI=1S/C6H7F2N3O4S/c7-6(8)16(14,15)10-4-1-9-11(2-4)3-5(12)13/h1-2,6,10H,3H2,(H,12,13). The first-order chi connectivity index (χ1) is 7.31. The molecule has 0 bridgehead atoms. The van der Waals surface area contributed by atoms with E-state index in [0.717, 1.165) is 17.1 Å². The van der Waals surface area contributed by atoms with E-state index >= 15 is 0 Å². The molecule has 1 aromatic rings. The number of carboxylic acid groups (broad SMARTS) is 1. The topological polar surface area (TPSA) is 101 Å². The zero-order chi connectivity index (χ0) is 12.3. The summed E-state index contributed by atoms with van der Waals surface area (Å²) in [5.74, 6) is -4.75. The van der Waals surface area contributed by atoms with E-state index in [0.29, 0.717) is 0 Å². The van der Waals surface area contributed by atoms with E-state index in [1.54, 1.807) is 4.72 Å². The van der Waals surface area contributed by atoms with Crippen LogP contribution in [0.1, 0.15) is 0 Å². The fourth-order valence-corrected chi connectivity index (χ4v) is 1.37. The van der Waals surface area contributed by atoms with Gasteiger partial charge in [0.05, 0.1) is 11.9 Å². The number of carboxylic acids is 1. The molecule has 0 aliphatic heterocycles. The number of aliphatic carboxylic acids is 1. The van der Waals surface area contributed by atoms with Crippen molar-refractivity contribution in [2.24, 2.45) is 0 Å². The first-order valence-electron chi connectivity index (χ1n) is 3.85. The highest BCUT2D eigenvalue weighted by Crippen LogP contribution is 2.12. The quantitative estimate of drug-likeness (QED) is 0.767. The Bertz CT molecular complexity index is 484. The Labute approximate surface area is 88.7 Å². The number of anilines is 1. The summed E-state index contributed by atoms with van der Waals surface area (Å²) in [5, 5.41) is 11.8. The molecule has 1 heterocycles. The van der Waals surface area contributed by atoms with Gasteiger partial charge < -0.3 is 5.11 Å². The van der Waals surface area contributed by atoms with Crippen LogP contribution < -0.4 is 4.72 Å². The Balaban J connectivity index is 2.77. The van der Waals surface area contributed by atoms with Crippen molar-refractivity contribution in [3.05, 3.63) is 12.4 Å². The molecule has 0 aliphatic carbocycles. The second-order valence-corrected chi connectivity index (χ2v) is 4.38. The number of hydrogen-bond donors (Lipinski definition) is 2. The van der Waals surface area contributed by atoms with Gasteiger partial charge in [0.2, 0.25) is 0 Å². The number of aromatic nitrogens is 2. The maximum absolute atomic E-state index is 11.9. The number of sulfonamides is 1. The first kappa shape index (κ1) is 12.4. The van der Waals surface area contributed by atoms with Crippen LogP contribution in [0.2, 0.25) is 0 Å². The first-order valence-corrected chi connectivity index (χ1v) is 5.40. The number of alkyl halides is 2. The van der Waals surface area contributed by atoms with Crippen LogP contribution in [0, 0.1) is 0 Å². The maximum Gasteiger partial charge on any atom is 0.355 e. The third kappa shape index (κ3) is 3.15. The van der Waals surface area contributed by atoms with Crippen molar-refractivity contribution >= 4 is 21.7 Å². The average Bonchev–Trinajstić information content (AvgIpc) is 2.50. The van der Waals surface area contributed by atoms with E-state index in [-0.39, 0.29) is 5.69 Å². The van der Waals surface area contributed by atoms with Gasteiger partial charge in [0, 0.05) is 6.20 Å². The molecule has 16 heavy (non-hydrogen) atoms. The molecule has 0 atom stereocenters. The van der Waals surface area contributed by atoms with Gasteiger partial charge in [-0.3, -0.25) is 14.2 Å².